The monoisotopic (exact) mass is 456 g/mol. The van der Waals surface area contributed by atoms with E-state index >= 15 is 0 Å². The van der Waals surface area contributed by atoms with Crippen molar-refractivity contribution in [1.82, 2.24) is 14.4 Å². The minimum Gasteiger partial charge on any atom is -0.322 e. The van der Waals surface area contributed by atoms with Gasteiger partial charge in [-0.25, -0.2) is 9.37 Å². The van der Waals surface area contributed by atoms with Crippen LogP contribution < -0.4 is 5.32 Å². The number of anilines is 1. The van der Waals surface area contributed by atoms with E-state index in [-0.39, 0.29) is 11.7 Å². The second-order valence-electron chi connectivity index (χ2n) is 7.59. The summed E-state index contributed by atoms with van der Waals surface area (Å²) in [7, 11) is 0. The van der Waals surface area contributed by atoms with E-state index in [1.165, 1.54) is 24.3 Å². The third-order valence-electron chi connectivity index (χ3n) is 5.40. The first kappa shape index (κ1) is 20.8. The van der Waals surface area contributed by atoms with Crippen LogP contribution in [-0.4, -0.2) is 20.3 Å². The van der Waals surface area contributed by atoms with Crippen LogP contribution in [-0.2, 0) is 0 Å². The lowest BCUT2D eigenvalue weighted by molar-refractivity contribution is 0.102. The van der Waals surface area contributed by atoms with Crippen molar-refractivity contribution >= 4 is 28.7 Å². The molecule has 3 heterocycles. The van der Waals surface area contributed by atoms with Crippen LogP contribution in [0.5, 0.6) is 0 Å². The number of halogens is 2. The molecule has 0 aliphatic heterocycles. The first-order chi connectivity index (χ1) is 16.0. The van der Waals surface area contributed by atoms with Gasteiger partial charge in [0, 0.05) is 39.8 Å². The van der Waals surface area contributed by atoms with Gasteiger partial charge in [0.15, 0.2) is 0 Å². The maximum Gasteiger partial charge on any atom is 0.257 e. The Balaban J connectivity index is 1.54. The third-order valence-corrected chi connectivity index (χ3v) is 5.63. The average Bonchev–Trinajstić information content (AvgIpc) is 3.25. The van der Waals surface area contributed by atoms with Crippen LogP contribution >= 0.6 is 11.6 Å². The summed E-state index contributed by atoms with van der Waals surface area (Å²) in [4.78, 5) is 22.0. The van der Waals surface area contributed by atoms with Crippen molar-refractivity contribution in [2.75, 3.05) is 5.32 Å². The minimum absolute atomic E-state index is 0.312. The van der Waals surface area contributed by atoms with Gasteiger partial charge in [-0.1, -0.05) is 29.8 Å². The number of hydrogen-bond acceptors (Lipinski definition) is 3. The number of imidazole rings is 1. The molecular formula is C26H18ClFN4O. The van der Waals surface area contributed by atoms with Crippen LogP contribution in [0.2, 0.25) is 5.02 Å². The van der Waals surface area contributed by atoms with E-state index in [9.17, 15) is 9.18 Å². The SMILES string of the molecule is Cc1ncc(-c2cccn3c(-c4cccc(Cl)c4)ncc23)cc1C(=O)Nc1ccc(F)cc1. The average molecular weight is 457 g/mol. The molecule has 5 aromatic rings. The number of aryl methyl sites for hydroxylation is 1. The summed E-state index contributed by atoms with van der Waals surface area (Å²) >= 11 is 6.17. The zero-order valence-electron chi connectivity index (χ0n) is 17.6. The molecule has 0 fully saturated rings. The normalized spacial score (nSPS) is 11.0. The smallest absolute Gasteiger partial charge is 0.257 e. The summed E-state index contributed by atoms with van der Waals surface area (Å²) in [6.07, 6.45) is 5.47. The van der Waals surface area contributed by atoms with E-state index in [1.54, 1.807) is 19.3 Å². The van der Waals surface area contributed by atoms with Crippen molar-refractivity contribution in [1.29, 1.82) is 0 Å². The van der Waals surface area contributed by atoms with Gasteiger partial charge in [-0.3, -0.25) is 14.2 Å². The second-order valence-corrected chi connectivity index (χ2v) is 8.02. The predicted molar refractivity (Wildman–Crippen MR) is 128 cm³/mol. The molecule has 0 aliphatic carbocycles. The minimum atomic E-state index is -0.362. The number of carbonyl (C=O) groups is 1. The largest absolute Gasteiger partial charge is 0.322 e. The number of aromatic nitrogens is 3. The molecular weight excluding hydrogens is 439 g/mol. The first-order valence-corrected chi connectivity index (χ1v) is 10.6. The van der Waals surface area contributed by atoms with Crippen LogP contribution in [0, 0.1) is 12.7 Å². The molecule has 5 rings (SSSR count). The predicted octanol–water partition coefficient (Wildman–Crippen LogP) is 6.42. The summed E-state index contributed by atoms with van der Waals surface area (Å²) in [6, 6.07) is 18.9. The van der Waals surface area contributed by atoms with Gasteiger partial charge in [-0.15, -0.1) is 0 Å². The van der Waals surface area contributed by atoms with Crippen molar-refractivity contribution in [2.45, 2.75) is 6.92 Å². The number of pyridine rings is 2. The van der Waals surface area contributed by atoms with Crippen LogP contribution in [0.4, 0.5) is 10.1 Å². The van der Waals surface area contributed by atoms with Crippen molar-refractivity contribution in [3.05, 3.63) is 107 Å². The van der Waals surface area contributed by atoms with Gasteiger partial charge in [-0.05, 0) is 55.5 Å². The molecule has 0 saturated heterocycles. The number of fused-ring (bicyclic) bond motifs is 1. The molecule has 1 amide bonds. The Labute approximate surface area is 194 Å². The van der Waals surface area contributed by atoms with Crippen LogP contribution in [0.1, 0.15) is 16.1 Å². The Hall–Kier alpha value is -4.03. The van der Waals surface area contributed by atoms with Gasteiger partial charge < -0.3 is 5.32 Å². The Morgan fingerprint density at radius 2 is 1.79 bits per heavy atom. The van der Waals surface area contributed by atoms with Gasteiger partial charge in [0.2, 0.25) is 0 Å². The fourth-order valence-electron chi connectivity index (χ4n) is 3.75. The van der Waals surface area contributed by atoms with Gasteiger partial charge in [0.05, 0.1) is 23.0 Å². The Kier molecular flexibility index (Phi) is 5.36. The lowest BCUT2D eigenvalue weighted by Gasteiger charge is -2.11. The molecule has 7 heteroatoms. The molecule has 0 spiro atoms. The van der Waals surface area contributed by atoms with E-state index in [0.717, 1.165) is 28.0 Å². The summed E-state index contributed by atoms with van der Waals surface area (Å²) in [5.41, 5.74) is 5.00. The van der Waals surface area contributed by atoms with Crippen LogP contribution in [0.25, 0.3) is 28.0 Å². The highest BCUT2D eigenvalue weighted by Gasteiger charge is 2.15. The zero-order chi connectivity index (χ0) is 22.9. The lowest BCUT2D eigenvalue weighted by atomic mass is 10.0. The Morgan fingerprint density at radius 3 is 2.58 bits per heavy atom. The maximum absolute atomic E-state index is 13.2. The fourth-order valence-corrected chi connectivity index (χ4v) is 3.94. The van der Waals surface area contributed by atoms with E-state index in [1.807, 2.05) is 53.1 Å². The highest BCUT2D eigenvalue weighted by molar-refractivity contribution is 6.30. The number of hydrogen-bond donors (Lipinski definition) is 1. The highest BCUT2D eigenvalue weighted by atomic mass is 35.5. The quantitative estimate of drug-likeness (QED) is 0.339. The van der Waals surface area contributed by atoms with Crippen LogP contribution in [0.3, 0.4) is 0 Å². The standard InChI is InChI=1S/C26H18ClFN4O/c1-16-23(26(33)31-21-9-7-20(28)8-10-21)13-18(14-29-16)22-6-3-11-32-24(22)15-30-25(32)17-4-2-5-19(27)12-17/h2-15H,1H3,(H,31,33). The number of nitrogens with zero attached hydrogens (tertiary/aromatic N) is 3. The van der Waals surface area contributed by atoms with Crippen molar-refractivity contribution in [3.63, 3.8) is 0 Å². The number of amides is 1. The molecule has 1 N–H and O–H groups in total. The molecule has 0 atom stereocenters. The van der Waals surface area contributed by atoms with E-state index in [4.69, 9.17) is 11.6 Å². The Morgan fingerprint density at radius 1 is 0.970 bits per heavy atom. The van der Waals surface area contributed by atoms with Gasteiger partial charge >= 0.3 is 0 Å². The summed E-state index contributed by atoms with van der Waals surface area (Å²) in [6.45, 7) is 1.78. The molecule has 0 saturated carbocycles. The summed E-state index contributed by atoms with van der Waals surface area (Å²) in [5.74, 6) is 0.0936. The molecule has 33 heavy (non-hydrogen) atoms. The zero-order valence-corrected chi connectivity index (χ0v) is 18.3. The topological polar surface area (TPSA) is 59.3 Å². The lowest BCUT2D eigenvalue weighted by Crippen LogP contribution is -2.14. The molecule has 162 valence electrons. The number of benzene rings is 2. The fraction of sp³-hybridized carbons (Fsp3) is 0.0385. The molecule has 5 nitrogen and oxygen atoms in total. The second kappa shape index (κ2) is 8.48. The van der Waals surface area contributed by atoms with Gasteiger partial charge in [0.25, 0.3) is 5.91 Å². The van der Waals surface area contributed by atoms with Crippen molar-refractivity contribution in [2.24, 2.45) is 0 Å². The highest BCUT2D eigenvalue weighted by Crippen LogP contribution is 2.30. The van der Waals surface area contributed by atoms with E-state index in [2.05, 4.69) is 15.3 Å². The summed E-state index contributed by atoms with van der Waals surface area (Å²) in [5, 5.41) is 3.44. The van der Waals surface area contributed by atoms with E-state index in [0.29, 0.717) is 22.0 Å². The molecule has 3 aromatic heterocycles. The number of nitrogens with one attached hydrogen (secondary N) is 1. The van der Waals surface area contributed by atoms with Gasteiger partial charge in [-0.2, -0.15) is 0 Å². The Bertz CT molecular complexity index is 1490. The van der Waals surface area contributed by atoms with Crippen LogP contribution in [0.15, 0.2) is 85.3 Å². The third kappa shape index (κ3) is 4.08. The molecule has 2 aromatic carbocycles. The maximum atomic E-state index is 13.2. The molecule has 0 unspecified atom stereocenters. The van der Waals surface area contributed by atoms with E-state index < -0.39 is 0 Å². The van der Waals surface area contributed by atoms with Gasteiger partial charge in [0.1, 0.15) is 11.6 Å². The first-order valence-electron chi connectivity index (χ1n) is 10.3. The number of rotatable bonds is 4. The summed E-state index contributed by atoms with van der Waals surface area (Å²) < 4.78 is 15.2. The number of carbonyl (C=O) groups excluding carboxylic acids is 1. The molecule has 0 bridgehead atoms. The molecule has 0 aliphatic rings. The van der Waals surface area contributed by atoms with Crippen molar-refractivity contribution < 1.29 is 9.18 Å². The molecule has 0 radical (unpaired) electrons. The van der Waals surface area contributed by atoms with Crippen molar-refractivity contribution in [3.8, 4) is 22.5 Å².